The number of carbonyl (C=O) groups is 1. The van der Waals surface area contributed by atoms with Crippen LogP contribution in [0.4, 0.5) is 0 Å². The minimum absolute atomic E-state index is 0.0640. The predicted octanol–water partition coefficient (Wildman–Crippen LogP) is 2.27. The van der Waals surface area contributed by atoms with Crippen molar-refractivity contribution in [1.82, 2.24) is 24.6 Å². The average molecular weight is 349 g/mol. The van der Waals surface area contributed by atoms with E-state index in [4.69, 9.17) is 0 Å². The van der Waals surface area contributed by atoms with Crippen molar-refractivity contribution in [2.75, 3.05) is 27.2 Å². The Hall–Kier alpha value is -2.73. The highest BCUT2D eigenvalue weighted by molar-refractivity contribution is 5.97. The molecule has 6 nitrogen and oxygen atoms in total. The van der Waals surface area contributed by atoms with E-state index in [1.54, 1.807) is 6.20 Å². The highest BCUT2D eigenvalue weighted by Crippen LogP contribution is 2.20. The van der Waals surface area contributed by atoms with Crippen molar-refractivity contribution in [2.24, 2.45) is 5.92 Å². The van der Waals surface area contributed by atoms with Gasteiger partial charge in [0.1, 0.15) is 0 Å². The number of aromatic nitrogens is 3. The van der Waals surface area contributed by atoms with Gasteiger partial charge in [-0.3, -0.25) is 14.5 Å². The van der Waals surface area contributed by atoms with Crippen molar-refractivity contribution >= 4 is 16.8 Å². The second-order valence-corrected chi connectivity index (χ2v) is 7.23. The Morgan fingerprint density at radius 2 is 2.08 bits per heavy atom. The monoisotopic (exact) mass is 349 g/mol. The zero-order valence-electron chi connectivity index (χ0n) is 15.2. The van der Waals surface area contributed by atoms with E-state index in [2.05, 4.69) is 29.1 Å². The molecule has 0 saturated carbocycles. The van der Waals surface area contributed by atoms with Gasteiger partial charge in [-0.05, 0) is 44.4 Å². The largest absolute Gasteiger partial charge is 0.332 e. The minimum atomic E-state index is 0.0640. The first-order valence-corrected chi connectivity index (χ1v) is 8.89. The molecule has 0 N–H and O–H groups in total. The molecule has 1 amide bonds. The zero-order chi connectivity index (χ0) is 18.1. The Morgan fingerprint density at radius 1 is 1.19 bits per heavy atom. The van der Waals surface area contributed by atoms with Gasteiger partial charge in [-0.1, -0.05) is 6.07 Å². The third kappa shape index (κ3) is 3.32. The maximum absolute atomic E-state index is 13.2. The van der Waals surface area contributed by atoms with Crippen LogP contribution in [0.25, 0.3) is 10.9 Å². The fourth-order valence-electron chi connectivity index (χ4n) is 3.71. The van der Waals surface area contributed by atoms with Crippen LogP contribution >= 0.6 is 0 Å². The molecule has 0 fully saturated rings. The predicted molar refractivity (Wildman–Crippen MR) is 101 cm³/mol. The Balaban J connectivity index is 1.64. The molecule has 0 unspecified atom stereocenters. The number of rotatable bonds is 3. The van der Waals surface area contributed by atoms with Crippen LogP contribution in [0.2, 0.25) is 0 Å². The standard InChI is InChI=1S/C20H23N5O/c1-23(2)11-15-12-24(14-18-7-9-22-25(18)13-15)20(26)17-5-6-19-16(10-17)4-3-8-21-19/h3-10,15H,11-14H2,1-2H3/t15-/m1/s1. The van der Waals surface area contributed by atoms with Gasteiger partial charge in [0.05, 0.1) is 17.8 Å². The summed E-state index contributed by atoms with van der Waals surface area (Å²) in [5.74, 6) is 0.409. The number of nitrogens with zero attached hydrogens (tertiary/aromatic N) is 5. The van der Waals surface area contributed by atoms with Gasteiger partial charge in [0.15, 0.2) is 0 Å². The molecule has 26 heavy (non-hydrogen) atoms. The normalized spacial score (nSPS) is 17.3. The van der Waals surface area contributed by atoms with Crippen molar-refractivity contribution in [3.8, 4) is 0 Å². The summed E-state index contributed by atoms with van der Waals surface area (Å²) in [7, 11) is 4.13. The first-order valence-electron chi connectivity index (χ1n) is 8.89. The van der Waals surface area contributed by atoms with Gasteiger partial charge in [-0.15, -0.1) is 0 Å². The molecular formula is C20H23N5O. The first kappa shape index (κ1) is 16.7. The fourth-order valence-corrected chi connectivity index (χ4v) is 3.71. The molecule has 6 heteroatoms. The van der Waals surface area contributed by atoms with E-state index in [0.717, 1.165) is 36.2 Å². The lowest BCUT2D eigenvalue weighted by Gasteiger charge is -2.26. The lowest BCUT2D eigenvalue weighted by molar-refractivity contribution is 0.0712. The second kappa shape index (κ2) is 6.88. The summed E-state index contributed by atoms with van der Waals surface area (Å²) in [5, 5.41) is 5.42. The van der Waals surface area contributed by atoms with Gasteiger partial charge >= 0.3 is 0 Å². The van der Waals surface area contributed by atoms with Crippen LogP contribution in [-0.4, -0.2) is 57.7 Å². The minimum Gasteiger partial charge on any atom is -0.332 e. The molecule has 0 saturated heterocycles. The molecule has 1 aromatic carbocycles. The summed E-state index contributed by atoms with van der Waals surface area (Å²) >= 11 is 0. The summed E-state index contributed by atoms with van der Waals surface area (Å²) in [4.78, 5) is 21.7. The second-order valence-electron chi connectivity index (χ2n) is 7.23. The highest BCUT2D eigenvalue weighted by atomic mass is 16.2. The molecule has 1 aliphatic heterocycles. The van der Waals surface area contributed by atoms with Gasteiger partial charge in [0.2, 0.25) is 0 Å². The van der Waals surface area contributed by atoms with Gasteiger partial charge in [-0.2, -0.15) is 5.10 Å². The quantitative estimate of drug-likeness (QED) is 0.728. The third-order valence-electron chi connectivity index (χ3n) is 4.83. The highest BCUT2D eigenvalue weighted by Gasteiger charge is 2.26. The maximum Gasteiger partial charge on any atom is 0.254 e. The van der Waals surface area contributed by atoms with Crippen molar-refractivity contribution < 1.29 is 4.79 Å². The summed E-state index contributed by atoms with van der Waals surface area (Å²) in [6, 6.07) is 11.6. The van der Waals surface area contributed by atoms with Crippen LogP contribution in [-0.2, 0) is 13.1 Å². The van der Waals surface area contributed by atoms with Gasteiger partial charge in [0, 0.05) is 48.9 Å². The lowest BCUT2D eigenvalue weighted by atomic mass is 10.1. The molecular weight excluding hydrogens is 326 g/mol. The van der Waals surface area contributed by atoms with E-state index in [1.807, 2.05) is 52.2 Å². The van der Waals surface area contributed by atoms with Crippen LogP contribution in [0.15, 0.2) is 48.8 Å². The summed E-state index contributed by atoms with van der Waals surface area (Å²) in [5.41, 5.74) is 2.70. The molecule has 1 aliphatic rings. The first-order chi connectivity index (χ1) is 12.6. The Bertz CT molecular complexity index is 933. The topological polar surface area (TPSA) is 54.3 Å². The number of hydrogen-bond acceptors (Lipinski definition) is 4. The summed E-state index contributed by atoms with van der Waals surface area (Å²) in [6.07, 6.45) is 3.59. The lowest BCUT2D eigenvalue weighted by Crippen LogP contribution is -2.37. The van der Waals surface area contributed by atoms with E-state index >= 15 is 0 Å². The number of carbonyl (C=O) groups excluding carboxylic acids is 1. The number of pyridine rings is 1. The van der Waals surface area contributed by atoms with Crippen LogP contribution in [0.5, 0.6) is 0 Å². The van der Waals surface area contributed by atoms with Crippen LogP contribution in [0, 0.1) is 5.92 Å². The van der Waals surface area contributed by atoms with E-state index in [0.29, 0.717) is 18.0 Å². The molecule has 0 spiro atoms. The number of fused-ring (bicyclic) bond motifs is 2. The van der Waals surface area contributed by atoms with Crippen molar-refractivity contribution in [3.05, 3.63) is 60.0 Å². The third-order valence-corrected chi connectivity index (χ3v) is 4.83. The number of amides is 1. The average Bonchev–Trinajstić information content (AvgIpc) is 2.99. The number of benzene rings is 1. The molecule has 4 rings (SSSR count). The van der Waals surface area contributed by atoms with Crippen LogP contribution in [0.3, 0.4) is 0 Å². The molecule has 3 aromatic rings. The SMILES string of the molecule is CN(C)C[C@@H]1CN(C(=O)c2ccc3ncccc3c2)Cc2ccnn2C1. The van der Waals surface area contributed by atoms with Crippen LogP contribution in [0.1, 0.15) is 16.1 Å². The van der Waals surface area contributed by atoms with E-state index in [1.165, 1.54) is 0 Å². The fraction of sp³-hybridized carbons (Fsp3) is 0.350. The van der Waals surface area contributed by atoms with E-state index in [-0.39, 0.29) is 5.91 Å². The van der Waals surface area contributed by atoms with Crippen molar-refractivity contribution in [3.63, 3.8) is 0 Å². The van der Waals surface area contributed by atoms with Crippen LogP contribution < -0.4 is 0 Å². The van der Waals surface area contributed by atoms with Crippen molar-refractivity contribution in [2.45, 2.75) is 13.1 Å². The van der Waals surface area contributed by atoms with Gasteiger partial charge in [0.25, 0.3) is 5.91 Å². The van der Waals surface area contributed by atoms with Crippen molar-refractivity contribution in [1.29, 1.82) is 0 Å². The zero-order valence-corrected chi connectivity index (χ0v) is 15.2. The Kier molecular flexibility index (Phi) is 4.42. The summed E-state index contributed by atoms with van der Waals surface area (Å²) < 4.78 is 2.03. The number of hydrogen-bond donors (Lipinski definition) is 0. The molecule has 2 aromatic heterocycles. The van der Waals surface area contributed by atoms with E-state index in [9.17, 15) is 4.79 Å². The molecule has 0 aliphatic carbocycles. The van der Waals surface area contributed by atoms with Gasteiger partial charge in [-0.25, -0.2) is 0 Å². The molecule has 1 atom stereocenters. The smallest absolute Gasteiger partial charge is 0.254 e. The van der Waals surface area contributed by atoms with E-state index < -0.39 is 0 Å². The Labute approximate surface area is 153 Å². The summed E-state index contributed by atoms with van der Waals surface area (Å²) in [6.45, 7) is 3.08. The molecule has 0 radical (unpaired) electrons. The molecule has 0 bridgehead atoms. The Morgan fingerprint density at radius 3 is 2.92 bits per heavy atom. The molecule has 3 heterocycles. The maximum atomic E-state index is 13.2. The molecule has 134 valence electrons. The van der Waals surface area contributed by atoms with Gasteiger partial charge < -0.3 is 9.80 Å².